The largest absolute Gasteiger partial charge is 0.283 e. The van der Waals surface area contributed by atoms with Crippen molar-refractivity contribution in [2.45, 2.75) is 10.8 Å². The van der Waals surface area contributed by atoms with Gasteiger partial charge < -0.3 is 0 Å². The first-order chi connectivity index (χ1) is 7.77. The number of hydrogen-bond acceptors (Lipinski definition) is 5. The molecule has 0 atom stereocenters. The number of nitrogens with zero attached hydrogens (tertiary/aromatic N) is 2. The van der Waals surface area contributed by atoms with Crippen LogP contribution in [0, 0.1) is 0 Å². The molecule has 0 fully saturated rings. The number of rotatable bonds is 3. The van der Waals surface area contributed by atoms with Crippen molar-refractivity contribution in [3.8, 4) is 0 Å². The smallest absolute Gasteiger partial charge is 0.250 e. The Morgan fingerprint density at radius 3 is 2.75 bits per heavy atom. The van der Waals surface area contributed by atoms with Gasteiger partial charge in [-0.05, 0) is 5.56 Å². The summed E-state index contributed by atoms with van der Waals surface area (Å²) < 4.78 is 7.62. The maximum Gasteiger partial charge on any atom is 0.250 e. The third-order valence-corrected chi connectivity index (χ3v) is 3.87. The summed E-state index contributed by atoms with van der Waals surface area (Å²) in [5.74, 6) is 0.705. The summed E-state index contributed by atoms with van der Waals surface area (Å²) in [7, 11) is 0. The van der Waals surface area contributed by atoms with Crippen molar-refractivity contribution in [1.29, 1.82) is 0 Å². The van der Waals surface area contributed by atoms with E-state index in [1.54, 1.807) is 0 Å². The average molecular weight is 271 g/mol. The Morgan fingerprint density at radius 1 is 1.25 bits per heavy atom. The maximum atomic E-state index is 11.5. The lowest BCUT2D eigenvalue weighted by molar-refractivity contribution is 1.15. The molecular formula is C10H7ClN2OS2. The van der Waals surface area contributed by atoms with Gasteiger partial charge in [0.1, 0.15) is 0 Å². The lowest BCUT2D eigenvalue weighted by atomic mass is 10.2. The van der Waals surface area contributed by atoms with Gasteiger partial charge in [-0.15, -0.1) is 0 Å². The van der Waals surface area contributed by atoms with Crippen molar-refractivity contribution in [2.24, 2.45) is 0 Å². The average Bonchev–Trinajstić information content (AvgIpc) is 2.32. The fourth-order valence-electron chi connectivity index (χ4n) is 1.08. The van der Waals surface area contributed by atoms with Gasteiger partial charge in [-0.2, -0.15) is 8.75 Å². The van der Waals surface area contributed by atoms with Gasteiger partial charge in [0.15, 0.2) is 10.2 Å². The normalized spacial score (nSPS) is 10.3. The third kappa shape index (κ3) is 2.81. The Hall–Kier alpha value is -0.910. The molecule has 2 rings (SSSR count). The van der Waals surface area contributed by atoms with E-state index in [1.807, 2.05) is 30.3 Å². The molecule has 1 aromatic heterocycles. The van der Waals surface area contributed by atoms with Gasteiger partial charge in [-0.1, -0.05) is 53.7 Å². The third-order valence-electron chi connectivity index (χ3n) is 1.84. The molecule has 1 aromatic carbocycles. The van der Waals surface area contributed by atoms with E-state index in [9.17, 15) is 4.79 Å². The van der Waals surface area contributed by atoms with Crippen LogP contribution in [0.3, 0.4) is 0 Å². The van der Waals surface area contributed by atoms with Gasteiger partial charge in [0.25, 0.3) is 0 Å². The first kappa shape index (κ1) is 11.6. The Kier molecular flexibility index (Phi) is 3.93. The Morgan fingerprint density at radius 2 is 2.00 bits per heavy atom. The number of benzene rings is 1. The van der Waals surface area contributed by atoms with Crippen molar-refractivity contribution in [1.82, 2.24) is 8.75 Å². The van der Waals surface area contributed by atoms with E-state index in [1.165, 1.54) is 11.8 Å². The summed E-state index contributed by atoms with van der Waals surface area (Å²) >= 11 is 7.96. The first-order valence-electron chi connectivity index (χ1n) is 4.46. The van der Waals surface area contributed by atoms with E-state index in [4.69, 9.17) is 11.6 Å². The van der Waals surface area contributed by atoms with Crippen LogP contribution in [-0.2, 0) is 5.75 Å². The SMILES string of the molecule is O=c1c(Cl)nsnc1SCc1ccccc1. The number of thioether (sulfide) groups is 1. The van der Waals surface area contributed by atoms with Crippen LogP contribution in [0.1, 0.15) is 5.56 Å². The summed E-state index contributed by atoms with van der Waals surface area (Å²) in [6.07, 6.45) is 0. The van der Waals surface area contributed by atoms with Crippen molar-refractivity contribution in [3.05, 3.63) is 51.3 Å². The molecule has 2 aromatic rings. The second kappa shape index (κ2) is 5.43. The minimum Gasteiger partial charge on any atom is -0.283 e. The molecule has 16 heavy (non-hydrogen) atoms. The Labute approximate surface area is 106 Å². The summed E-state index contributed by atoms with van der Waals surface area (Å²) in [6.45, 7) is 0. The van der Waals surface area contributed by atoms with E-state index < -0.39 is 0 Å². The molecule has 0 saturated carbocycles. The lowest BCUT2D eigenvalue weighted by Gasteiger charge is -1.99. The highest BCUT2D eigenvalue weighted by Gasteiger charge is 2.07. The Bertz CT molecular complexity index is 530. The molecule has 0 aliphatic heterocycles. The second-order valence-electron chi connectivity index (χ2n) is 2.96. The van der Waals surface area contributed by atoms with Crippen molar-refractivity contribution in [2.75, 3.05) is 0 Å². The molecule has 0 aliphatic rings. The lowest BCUT2D eigenvalue weighted by Crippen LogP contribution is -2.06. The highest BCUT2D eigenvalue weighted by molar-refractivity contribution is 7.98. The van der Waals surface area contributed by atoms with Gasteiger partial charge in [0, 0.05) is 5.75 Å². The van der Waals surface area contributed by atoms with Crippen LogP contribution in [0.4, 0.5) is 0 Å². The van der Waals surface area contributed by atoms with E-state index in [0.717, 1.165) is 17.3 Å². The first-order valence-corrected chi connectivity index (χ1v) is 6.56. The van der Waals surface area contributed by atoms with Crippen LogP contribution in [0.15, 0.2) is 40.2 Å². The quantitative estimate of drug-likeness (QED) is 0.805. The summed E-state index contributed by atoms with van der Waals surface area (Å²) in [6, 6.07) is 9.89. The standard InChI is InChI=1S/C10H7ClN2OS2/c11-9-8(14)10(13-16-12-9)15-6-7-4-2-1-3-5-7/h1-5H,6H2. The zero-order valence-corrected chi connectivity index (χ0v) is 10.5. The monoisotopic (exact) mass is 270 g/mol. The van der Waals surface area contributed by atoms with E-state index in [-0.39, 0.29) is 10.6 Å². The molecule has 1 heterocycles. The number of halogens is 1. The molecule has 0 N–H and O–H groups in total. The zero-order valence-electron chi connectivity index (χ0n) is 8.09. The highest BCUT2D eigenvalue weighted by atomic mass is 35.5. The summed E-state index contributed by atoms with van der Waals surface area (Å²) in [5.41, 5.74) is 0.855. The van der Waals surface area contributed by atoms with Crippen LogP contribution in [0.5, 0.6) is 0 Å². The van der Waals surface area contributed by atoms with Gasteiger partial charge in [0.05, 0.1) is 11.7 Å². The van der Waals surface area contributed by atoms with Crippen LogP contribution in [0.25, 0.3) is 0 Å². The summed E-state index contributed by atoms with van der Waals surface area (Å²) in [4.78, 5) is 11.5. The predicted molar refractivity (Wildman–Crippen MR) is 67.2 cm³/mol. The Balaban J connectivity index is 2.11. The molecule has 6 heteroatoms. The molecule has 3 nitrogen and oxygen atoms in total. The van der Waals surface area contributed by atoms with Gasteiger partial charge >= 0.3 is 0 Å². The van der Waals surface area contributed by atoms with Crippen molar-refractivity contribution in [3.63, 3.8) is 0 Å². The second-order valence-corrected chi connectivity index (χ2v) is 4.81. The van der Waals surface area contributed by atoms with Crippen molar-refractivity contribution < 1.29 is 0 Å². The fourth-order valence-corrected chi connectivity index (χ4v) is 2.71. The minimum atomic E-state index is -0.290. The highest BCUT2D eigenvalue weighted by Crippen LogP contribution is 2.18. The van der Waals surface area contributed by atoms with E-state index in [2.05, 4.69) is 8.75 Å². The molecule has 0 bridgehead atoms. The molecule has 0 spiro atoms. The van der Waals surface area contributed by atoms with E-state index >= 15 is 0 Å². The number of aromatic nitrogens is 2. The molecule has 0 amide bonds. The predicted octanol–water partition coefficient (Wildman–Crippen LogP) is 2.84. The van der Waals surface area contributed by atoms with Crippen LogP contribution < -0.4 is 5.43 Å². The van der Waals surface area contributed by atoms with E-state index in [0.29, 0.717) is 10.8 Å². The summed E-state index contributed by atoms with van der Waals surface area (Å²) in [5, 5.41) is 0.407. The topological polar surface area (TPSA) is 42.9 Å². The fraction of sp³-hybridized carbons (Fsp3) is 0.100. The molecule has 0 aliphatic carbocycles. The minimum absolute atomic E-state index is 0.00411. The van der Waals surface area contributed by atoms with Gasteiger partial charge in [-0.25, -0.2) is 0 Å². The van der Waals surface area contributed by atoms with Crippen molar-refractivity contribution >= 4 is 35.1 Å². The van der Waals surface area contributed by atoms with Gasteiger partial charge in [-0.3, -0.25) is 4.79 Å². The molecular weight excluding hydrogens is 264 g/mol. The molecule has 0 saturated heterocycles. The number of hydrogen-bond donors (Lipinski definition) is 0. The maximum absolute atomic E-state index is 11.5. The molecule has 82 valence electrons. The van der Waals surface area contributed by atoms with Crippen LogP contribution >= 0.6 is 35.1 Å². The van der Waals surface area contributed by atoms with Crippen LogP contribution in [0.2, 0.25) is 5.15 Å². The van der Waals surface area contributed by atoms with Gasteiger partial charge in [0.2, 0.25) is 5.43 Å². The molecule has 0 radical (unpaired) electrons. The van der Waals surface area contributed by atoms with Crippen LogP contribution in [-0.4, -0.2) is 8.75 Å². The molecule has 0 unspecified atom stereocenters. The zero-order chi connectivity index (χ0) is 11.4.